The Morgan fingerprint density at radius 1 is 1.13 bits per heavy atom. The maximum absolute atomic E-state index is 12.0. The molecule has 4 aromatic rings. The Kier molecular flexibility index (Phi) is 7.44. The second-order valence-electron chi connectivity index (χ2n) is 9.59. The Morgan fingerprint density at radius 2 is 1.97 bits per heavy atom. The molecule has 1 aromatic heterocycles. The van der Waals surface area contributed by atoms with Crippen LogP contribution in [0.5, 0.6) is 0 Å². The lowest BCUT2D eigenvalue weighted by molar-refractivity contribution is -0.124. The number of hydroxylamine groups is 1. The number of carbonyl (C=O) groups excluding carboxylic acids is 1. The van der Waals surface area contributed by atoms with Crippen LogP contribution in [0.2, 0.25) is 0 Å². The number of aromatic nitrogens is 1. The van der Waals surface area contributed by atoms with Gasteiger partial charge in [0, 0.05) is 42.3 Å². The van der Waals surface area contributed by atoms with Crippen molar-refractivity contribution in [3.63, 3.8) is 0 Å². The van der Waals surface area contributed by atoms with Gasteiger partial charge in [-0.1, -0.05) is 48.5 Å². The van der Waals surface area contributed by atoms with Gasteiger partial charge in [-0.15, -0.1) is 0 Å². The van der Waals surface area contributed by atoms with Gasteiger partial charge < -0.3 is 4.98 Å². The largest absolute Gasteiger partial charge is 0.361 e. The molecule has 0 saturated carbocycles. The number of benzene rings is 3. The molecule has 1 unspecified atom stereocenters. The molecule has 0 bridgehead atoms. The van der Waals surface area contributed by atoms with Crippen LogP contribution in [0.15, 0.2) is 83.9 Å². The molecule has 38 heavy (non-hydrogen) atoms. The number of hydrogen-bond acceptors (Lipinski definition) is 5. The molecule has 0 saturated heterocycles. The fraction of sp³-hybridized carbons (Fsp3) is 0.207. The minimum atomic E-state index is -3.79. The quantitative estimate of drug-likeness (QED) is 0.147. The van der Waals surface area contributed by atoms with E-state index in [4.69, 9.17) is 10.3 Å². The summed E-state index contributed by atoms with van der Waals surface area (Å²) in [5.74, 6) is -0.575. The van der Waals surface area contributed by atoms with Crippen LogP contribution in [0.25, 0.3) is 17.0 Å². The highest BCUT2D eigenvalue weighted by Crippen LogP contribution is 2.37. The van der Waals surface area contributed by atoms with Gasteiger partial charge >= 0.3 is 0 Å². The molecule has 1 amide bonds. The van der Waals surface area contributed by atoms with E-state index in [-0.39, 0.29) is 10.9 Å². The van der Waals surface area contributed by atoms with E-state index < -0.39 is 15.9 Å². The number of amides is 1. The molecule has 0 fully saturated rings. The van der Waals surface area contributed by atoms with E-state index in [1.165, 1.54) is 34.2 Å². The van der Waals surface area contributed by atoms with E-state index in [1.54, 1.807) is 23.7 Å². The van der Waals surface area contributed by atoms with Crippen molar-refractivity contribution in [2.45, 2.75) is 36.7 Å². The third-order valence-corrected chi connectivity index (χ3v) is 8.06. The SMILES string of the molecule is NS(=O)(=O)c1cccc(CN(CCc2c[nH]c3ccccc23)C2CCc3cc(C=CC(=O)NO)ccc32)c1. The molecule has 3 aromatic carbocycles. The summed E-state index contributed by atoms with van der Waals surface area (Å²) >= 11 is 0. The van der Waals surface area contributed by atoms with E-state index in [2.05, 4.69) is 40.3 Å². The van der Waals surface area contributed by atoms with Crippen LogP contribution in [-0.4, -0.2) is 36.0 Å². The Labute approximate surface area is 221 Å². The maximum Gasteiger partial charge on any atom is 0.267 e. The third kappa shape index (κ3) is 5.71. The number of nitrogens with zero attached hydrogens (tertiary/aromatic N) is 1. The summed E-state index contributed by atoms with van der Waals surface area (Å²) in [5.41, 5.74) is 8.18. The minimum Gasteiger partial charge on any atom is -0.361 e. The van der Waals surface area contributed by atoms with Crippen molar-refractivity contribution < 1.29 is 18.4 Å². The summed E-state index contributed by atoms with van der Waals surface area (Å²) in [5, 5.41) is 15.3. The summed E-state index contributed by atoms with van der Waals surface area (Å²) in [7, 11) is -3.79. The zero-order chi connectivity index (χ0) is 26.7. The molecule has 8 nitrogen and oxygen atoms in total. The summed E-state index contributed by atoms with van der Waals surface area (Å²) in [6.45, 7) is 1.36. The van der Waals surface area contributed by atoms with Crippen LogP contribution >= 0.6 is 0 Å². The number of nitrogens with one attached hydrogen (secondary N) is 2. The van der Waals surface area contributed by atoms with Gasteiger partial charge in [-0.3, -0.25) is 14.9 Å². The molecule has 196 valence electrons. The molecule has 5 rings (SSSR count). The van der Waals surface area contributed by atoms with Gasteiger partial charge in [0.05, 0.1) is 4.90 Å². The van der Waals surface area contributed by atoms with Crippen molar-refractivity contribution in [2.75, 3.05) is 6.54 Å². The van der Waals surface area contributed by atoms with Gasteiger partial charge in [0.2, 0.25) is 10.0 Å². The van der Waals surface area contributed by atoms with E-state index in [0.717, 1.165) is 42.5 Å². The molecule has 0 aliphatic heterocycles. The van der Waals surface area contributed by atoms with Crippen molar-refractivity contribution in [1.29, 1.82) is 0 Å². The number of H-pyrrole nitrogens is 1. The Balaban J connectivity index is 1.43. The molecule has 1 heterocycles. The van der Waals surface area contributed by atoms with Crippen LogP contribution in [0, 0.1) is 0 Å². The highest BCUT2D eigenvalue weighted by molar-refractivity contribution is 7.89. The lowest BCUT2D eigenvalue weighted by Gasteiger charge is -2.30. The zero-order valence-corrected chi connectivity index (χ0v) is 21.6. The smallest absolute Gasteiger partial charge is 0.267 e. The zero-order valence-electron chi connectivity index (χ0n) is 20.8. The Bertz CT molecular complexity index is 1610. The number of carbonyl (C=O) groups is 1. The first-order valence-corrected chi connectivity index (χ1v) is 14.0. The standard InChI is InChI=1S/C29H30N4O4S/c30-38(36,37)24-5-3-4-21(17-24)19-33(15-14-23-18-31-27-7-2-1-6-25(23)27)28-12-10-22-16-20(8-11-26(22)28)9-13-29(34)32-35/h1-9,11,13,16-18,28,31,35H,10,12,14-15,19H2,(H,32,34)(H2,30,36,37). The first-order valence-electron chi connectivity index (χ1n) is 12.5. The number of aryl methyl sites for hydroxylation is 1. The molecule has 5 N–H and O–H groups in total. The van der Waals surface area contributed by atoms with Crippen molar-refractivity contribution >= 4 is 32.9 Å². The Morgan fingerprint density at radius 3 is 2.79 bits per heavy atom. The molecule has 1 aliphatic carbocycles. The summed E-state index contributed by atoms with van der Waals surface area (Å²) < 4.78 is 23.9. The number of primary sulfonamides is 1. The van der Waals surface area contributed by atoms with E-state index in [1.807, 2.05) is 24.3 Å². The molecule has 9 heteroatoms. The fourth-order valence-electron chi connectivity index (χ4n) is 5.31. The van der Waals surface area contributed by atoms with Crippen molar-refractivity contribution in [3.05, 3.63) is 107 Å². The normalized spacial score (nSPS) is 15.4. The fourth-order valence-corrected chi connectivity index (χ4v) is 5.89. The van der Waals surface area contributed by atoms with Gasteiger partial charge in [0.25, 0.3) is 5.91 Å². The van der Waals surface area contributed by atoms with Gasteiger partial charge in [-0.25, -0.2) is 19.0 Å². The number of hydrogen-bond donors (Lipinski definition) is 4. The van der Waals surface area contributed by atoms with E-state index in [9.17, 15) is 13.2 Å². The van der Waals surface area contributed by atoms with Crippen LogP contribution < -0.4 is 10.6 Å². The molecule has 0 radical (unpaired) electrons. The number of aromatic amines is 1. The first-order chi connectivity index (χ1) is 18.3. The predicted octanol–water partition coefficient (Wildman–Crippen LogP) is 4.07. The number of nitrogens with two attached hydrogens (primary N) is 1. The average Bonchev–Trinajstić information content (AvgIpc) is 3.53. The topological polar surface area (TPSA) is 129 Å². The van der Waals surface area contributed by atoms with Crippen molar-refractivity contribution in [2.24, 2.45) is 5.14 Å². The molecular formula is C29H30N4O4S. The van der Waals surface area contributed by atoms with E-state index in [0.29, 0.717) is 6.54 Å². The van der Waals surface area contributed by atoms with Crippen LogP contribution in [0.3, 0.4) is 0 Å². The summed E-state index contributed by atoms with van der Waals surface area (Å²) in [6.07, 6.45) is 7.69. The second kappa shape index (κ2) is 10.9. The third-order valence-electron chi connectivity index (χ3n) is 7.15. The lowest BCUT2D eigenvalue weighted by Crippen LogP contribution is -2.29. The van der Waals surface area contributed by atoms with Gasteiger partial charge in [0.15, 0.2) is 0 Å². The average molecular weight is 531 g/mol. The number of rotatable bonds is 9. The Hall–Kier alpha value is -3.76. The van der Waals surface area contributed by atoms with Gasteiger partial charge in [-0.05, 0) is 71.4 Å². The molecular weight excluding hydrogens is 500 g/mol. The minimum absolute atomic E-state index is 0.113. The monoisotopic (exact) mass is 530 g/mol. The summed E-state index contributed by atoms with van der Waals surface area (Å²) in [6, 6.07) is 21.4. The number of sulfonamides is 1. The van der Waals surface area contributed by atoms with E-state index >= 15 is 0 Å². The lowest BCUT2D eigenvalue weighted by atomic mass is 10.0. The number of fused-ring (bicyclic) bond motifs is 2. The van der Waals surface area contributed by atoms with Crippen LogP contribution in [0.1, 0.15) is 40.3 Å². The molecule has 1 atom stereocenters. The van der Waals surface area contributed by atoms with Gasteiger partial charge in [-0.2, -0.15) is 0 Å². The maximum atomic E-state index is 12.0. The highest BCUT2D eigenvalue weighted by Gasteiger charge is 2.28. The van der Waals surface area contributed by atoms with Crippen LogP contribution in [-0.2, 0) is 34.2 Å². The predicted molar refractivity (Wildman–Crippen MR) is 147 cm³/mol. The second-order valence-corrected chi connectivity index (χ2v) is 11.2. The van der Waals surface area contributed by atoms with Crippen LogP contribution in [0.4, 0.5) is 0 Å². The molecule has 1 aliphatic rings. The molecule has 0 spiro atoms. The van der Waals surface area contributed by atoms with Gasteiger partial charge in [0.1, 0.15) is 0 Å². The van der Waals surface area contributed by atoms with Crippen molar-refractivity contribution in [1.82, 2.24) is 15.4 Å². The van der Waals surface area contributed by atoms with Crippen molar-refractivity contribution in [3.8, 4) is 0 Å². The first kappa shape index (κ1) is 25.9. The summed E-state index contributed by atoms with van der Waals surface area (Å²) in [4.78, 5) is 17.2. The number of para-hydroxylation sites is 1. The highest BCUT2D eigenvalue weighted by atomic mass is 32.2.